The molecular weight excluding hydrogens is 469 g/mol. The van der Waals surface area contributed by atoms with Gasteiger partial charge in [0.2, 0.25) is 5.91 Å². The molecule has 0 unspecified atom stereocenters. The maximum atomic E-state index is 12.6. The maximum absolute atomic E-state index is 12.6. The van der Waals surface area contributed by atoms with Gasteiger partial charge in [-0.2, -0.15) is 0 Å². The van der Waals surface area contributed by atoms with Crippen molar-refractivity contribution in [3.05, 3.63) is 80.5 Å². The number of nitrogens with zero attached hydrogens (tertiary/aromatic N) is 2. The molecule has 0 atom stereocenters. The predicted octanol–water partition coefficient (Wildman–Crippen LogP) is 5.65. The van der Waals surface area contributed by atoms with E-state index >= 15 is 0 Å². The third-order valence-electron chi connectivity index (χ3n) is 4.97. The summed E-state index contributed by atoms with van der Waals surface area (Å²) >= 11 is 12.1. The first-order chi connectivity index (χ1) is 15.9. The zero-order valence-electron chi connectivity index (χ0n) is 17.3. The van der Waals surface area contributed by atoms with E-state index in [0.717, 1.165) is 5.56 Å². The first kappa shape index (κ1) is 22.8. The van der Waals surface area contributed by atoms with Crippen molar-refractivity contribution in [1.29, 1.82) is 0 Å². The van der Waals surface area contributed by atoms with E-state index in [2.05, 4.69) is 5.32 Å². The Hall–Kier alpha value is -3.33. The van der Waals surface area contributed by atoms with Crippen molar-refractivity contribution < 1.29 is 18.9 Å². The maximum Gasteiger partial charge on any atom is 0.271 e. The Balaban J connectivity index is 1.49. The number of hydrogen-bond donors (Lipinski definition) is 1. The highest BCUT2D eigenvalue weighted by atomic mass is 35.5. The lowest BCUT2D eigenvalue weighted by atomic mass is 10.2. The van der Waals surface area contributed by atoms with Gasteiger partial charge in [-0.3, -0.25) is 14.9 Å². The number of nitro groups is 1. The summed E-state index contributed by atoms with van der Waals surface area (Å²) in [5.41, 5.74) is 1.73. The highest BCUT2D eigenvalue weighted by molar-refractivity contribution is 6.35. The summed E-state index contributed by atoms with van der Waals surface area (Å²) in [7, 11) is 0. The van der Waals surface area contributed by atoms with Crippen LogP contribution in [0.3, 0.4) is 0 Å². The fourth-order valence-electron chi connectivity index (χ4n) is 3.43. The molecule has 0 aliphatic carbocycles. The number of morpholine rings is 1. The molecule has 1 saturated heterocycles. The molecule has 0 radical (unpaired) electrons. The van der Waals surface area contributed by atoms with Crippen molar-refractivity contribution in [2.45, 2.75) is 0 Å². The van der Waals surface area contributed by atoms with E-state index in [0.29, 0.717) is 59.2 Å². The van der Waals surface area contributed by atoms with Gasteiger partial charge < -0.3 is 19.4 Å². The lowest BCUT2D eigenvalue weighted by molar-refractivity contribution is -0.384. The molecule has 1 amide bonds. The molecule has 1 aliphatic heterocycles. The number of benzene rings is 2. The molecule has 8 nitrogen and oxygen atoms in total. The van der Waals surface area contributed by atoms with Crippen LogP contribution in [0.1, 0.15) is 5.76 Å². The van der Waals surface area contributed by atoms with Gasteiger partial charge in [0.1, 0.15) is 11.5 Å². The molecule has 170 valence electrons. The standard InChI is InChI=1S/C23H19Cl2N3O5/c24-16-11-15(12-17(25)13-16)22-5-2-19(33-22)3-6-23(29)26-20-4-1-18(28(30)31)14-21(20)27-7-9-32-10-8-27/h1-6,11-14H,7-10H2,(H,26,29)/b6-3+. The smallest absolute Gasteiger partial charge is 0.271 e. The summed E-state index contributed by atoms with van der Waals surface area (Å²) in [6, 6.07) is 12.9. The van der Waals surface area contributed by atoms with Crippen molar-refractivity contribution in [3.8, 4) is 11.3 Å². The zero-order chi connectivity index (χ0) is 23.4. The number of amides is 1. The first-order valence-corrected chi connectivity index (χ1v) is 10.8. The normalized spacial score (nSPS) is 13.9. The molecule has 4 rings (SSSR count). The average Bonchev–Trinajstić information content (AvgIpc) is 3.27. The fourth-order valence-corrected chi connectivity index (χ4v) is 3.96. The molecule has 3 aromatic rings. The minimum absolute atomic E-state index is 0.0470. The summed E-state index contributed by atoms with van der Waals surface area (Å²) in [6.45, 7) is 2.16. The highest BCUT2D eigenvalue weighted by Gasteiger charge is 2.19. The molecule has 2 heterocycles. The molecule has 0 spiro atoms. The number of furan rings is 1. The predicted molar refractivity (Wildman–Crippen MR) is 128 cm³/mol. The summed E-state index contributed by atoms with van der Waals surface area (Å²) in [5.74, 6) is 0.625. The van der Waals surface area contributed by atoms with Gasteiger partial charge in [0.05, 0.1) is 29.5 Å². The Morgan fingerprint density at radius 2 is 1.79 bits per heavy atom. The quantitative estimate of drug-likeness (QED) is 0.274. The number of hydrogen-bond acceptors (Lipinski definition) is 6. The number of rotatable bonds is 6. The van der Waals surface area contributed by atoms with Crippen LogP contribution in [-0.2, 0) is 9.53 Å². The number of carbonyl (C=O) groups is 1. The largest absolute Gasteiger partial charge is 0.457 e. The summed E-state index contributed by atoms with van der Waals surface area (Å²) in [6.07, 6.45) is 2.86. The Morgan fingerprint density at radius 3 is 2.48 bits per heavy atom. The van der Waals surface area contributed by atoms with Gasteiger partial charge in [-0.15, -0.1) is 0 Å². The molecule has 1 N–H and O–H groups in total. The molecule has 0 saturated carbocycles. The SMILES string of the molecule is O=C(/C=C/c1ccc(-c2cc(Cl)cc(Cl)c2)o1)Nc1ccc([N+](=O)[O-])cc1N1CCOCC1. The van der Waals surface area contributed by atoms with E-state index < -0.39 is 10.8 Å². The number of halogens is 2. The van der Waals surface area contributed by atoms with Crippen LogP contribution >= 0.6 is 23.2 Å². The van der Waals surface area contributed by atoms with E-state index in [1.807, 2.05) is 4.90 Å². The fraction of sp³-hybridized carbons (Fsp3) is 0.174. The molecular formula is C23H19Cl2N3O5. The average molecular weight is 488 g/mol. The number of nitro benzene ring substituents is 1. The summed E-state index contributed by atoms with van der Waals surface area (Å²) in [5, 5.41) is 15.0. The second-order valence-corrected chi connectivity index (χ2v) is 8.11. The van der Waals surface area contributed by atoms with Crippen LogP contribution in [-0.4, -0.2) is 37.1 Å². The van der Waals surface area contributed by atoms with Crippen LogP contribution in [0.25, 0.3) is 17.4 Å². The molecule has 10 heteroatoms. The monoisotopic (exact) mass is 487 g/mol. The Labute approximate surface area is 199 Å². The number of anilines is 2. The topological polar surface area (TPSA) is 97.8 Å². The third-order valence-corrected chi connectivity index (χ3v) is 5.41. The van der Waals surface area contributed by atoms with Crippen molar-refractivity contribution in [2.24, 2.45) is 0 Å². The minimum Gasteiger partial charge on any atom is -0.457 e. The van der Waals surface area contributed by atoms with Crippen molar-refractivity contribution in [1.82, 2.24) is 0 Å². The minimum atomic E-state index is -0.461. The lowest BCUT2D eigenvalue weighted by Gasteiger charge is -2.30. The molecule has 1 aromatic heterocycles. The van der Waals surface area contributed by atoms with Crippen LogP contribution in [0, 0.1) is 10.1 Å². The Bertz CT molecular complexity index is 1200. The van der Waals surface area contributed by atoms with Crippen LogP contribution in [0.4, 0.5) is 17.1 Å². The lowest BCUT2D eigenvalue weighted by Crippen LogP contribution is -2.36. The first-order valence-electron chi connectivity index (χ1n) is 10.1. The van der Waals surface area contributed by atoms with E-state index in [9.17, 15) is 14.9 Å². The number of nitrogens with one attached hydrogen (secondary N) is 1. The molecule has 0 bridgehead atoms. The number of ether oxygens (including phenoxy) is 1. The van der Waals surface area contributed by atoms with Crippen molar-refractivity contribution in [3.63, 3.8) is 0 Å². The number of non-ortho nitro benzene ring substituents is 1. The van der Waals surface area contributed by atoms with Gasteiger partial charge in [-0.05, 0) is 42.5 Å². The van der Waals surface area contributed by atoms with Gasteiger partial charge in [-0.1, -0.05) is 23.2 Å². The molecule has 1 aliphatic rings. The second-order valence-electron chi connectivity index (χ2n) is 7.24. The molecule has 33 heavy (non-hydrogen) atoms. The van der Waals surface area contributed by atoms with Gasteiger partial charge in [0, 0.05) is 46.9 Å². The van der Waals surface area contributed by atoms with E-state index in [1.54, 1.807) is 30.3 Å². The van der Waals surface area contributed by atoms with E-state index in [4.69, 9.17) is 32.4 Å². The van der Waals surface area contributed by atoms with Gasteiger partial charge >= 0.3 is 0 Å². The molecule has 2 aromatic carbocycles. The van der Waals surface area contributed by atoms with Gasteiger partial charge in [0.15, 0.2) is 0 Å². The highest BCUT2D eigenvalue weighted by Crippen LogP contribution is 2.32. The van der Waals surface area contributed by atoms with Crippen LogP contribution in [0.5, 0.6) is 0 Å². The third kappa shape index (κ3) is 5.73. The van der Waals surface area contributed by atoms with Gasteiger partial charge in [0.25, 0.3) is 5.69 Å². The number of carbonyl (C=O) groups excluding carboxylic acids is 1. The van der Waals surface area contributed by atoms with Gasteiger partial charge in [-0.25, -0.2) is 0 Å². The Morgan fingerprint density at radius 1 is 1.06 bits per heavy atom. The van der Waals surface area contributed by atoms with Crippen LogP contribution < -0.4 is 10.2 Å². The second kappa shape index (κ2) is 10.1. The van der Waals surface area contributed by atoms with Crippen molar-refractivity contribution in [2.75, 3.05) is 36.5 Å². The van der Waals surface area contributed by atoms with Crippen LogP contribution in [0.15, 0.2) is 59.0 Å². The van der Waals surface area contributed by atoms with E-state index in [1.165, 1.54) is 30.4 Å². The summed E-state index contributed by atoms with van der Waals surface area (Å²) in [4.78, 5) is 25.3. The molecule has 1 fully saturated rings. The van der Waals surface area contributed by atoms with Crippen molar-refractivity contribution >= 4 is 52.2 Å². The summed E-state index contributed by atoms with van der Waals surface area (Å²) < 4.78 is 11.1. The van der Waals surface area contributed by atoms with E-state index in [-0.39, 0.29) is 5.69 Å². The zero-order valence-corrected chi connectivity index (χ0v) is 18.8. The Kier molecular flexibility index (Phi) is 6.98. The van der Waals surface area contributed by atoms with Crippen LogP contribution in [0.2, 0.25) is 10.0 Å².